The summed E-state index contributed by atoms with van der Waals surface area (Å²) in [4.78, 5) is 10.9. The molecule has 4 nitrogen and oxygen atoms in total. The van der Waals surface area contributed by atoms with Crippen LogP contribution in [-0.4, -0.2) is 14.4 Å². The average molecular weight is 293 g/mol. The number of nitrogens with one attached hydrogen (secondary N) is 1. The largest absolute Gasteiger partial charge is 0.378 e. The van der Waals surface area contributed by atoms with Crippen LogP contribution in [0.15, 0.2) is 24.5 Å². The number of rotatable bonds is 3. The highest BCUT2D eigenvalue weighted by Crippen LogP contribution is 2.21. The van der Waals surface area contributed by atoms with E-state index in [1.54, 1.807) is 23.6 Å². The van der Waals surface area contributed by atoms with Crippen molar-refractivity contribution in [3.8, 4) is 0 Å². The van der Waals surface area contributed by atoms with Crippen LogP contribution in [0.2, 0.25) is 5.15 Å². The van der Waals surface area contributed by atoms with Gasteiger partial charge >= 0.3 is 0 Å². The van der Waals surface area contributed by atoms with Crippen LogP contribution < -0.4 is 5.32 Å². The highest BCUT2D eigenvalue weighted by molar-refractivity contribution is 7.17. The predicted molar refractivity (Wildman–Crippen MR) is 79.1 cm³/mol. The SMILES string of the molecule is Cc1cn2c(CNc3ccc(Cl)nc3)c(C)nc2s1. The Morgan fingerprint density at radius 1 is 1.37 bits per heavy atom. The van der Waals surface area contributed by atoms with Crippen molar-refractivity contribution in [2.24, 2.45) is 0 Å². The number of imidazole rings is 1. The molecule has 0 aliphatic rings. The molecule has 19 heavy (non-hydrogen) atoms. The minimum Gasteiger partial charge on any atom is -0.378 e. The number of thiazole rings is 1. The second-order valence-corrected chi connectivity index (χ2v) is 5.96. The third-order valence-corrected chi connectivity index (χ3v) is 4.05. The first-order valence-corrected chi connectivity index (χ1v) is 7.12. The first-order valence-electron chi connectivity index (χ1n) is 5.93. The Hall–Kier alpha value is -1.59. The number of hydrogen-bond donors (Lipinski definition) is 1. The molecule has 0 unspecified atom stereocenters. The third kappa shape index (κ3) is 2.43. The van der Waals surface area contributed by atoms with Crippen molar-refractivity contribution in [1.82, 2.24) is 14.4 Å². The molecule has 0 saturated heterocycles. The van der Waals surface area contributed by atoms with Gasteiger partial charge in [0.2, 0.25) is 0 Å². The number of anilines is 1. The topological polar surface area (TPSA) is 42.2 Å². The van der Waals surface area contributed by atoms with E-state index in [4.69, 9.17) is 11.6 Å². The van der Waals surface area contributed by atoms with E-state index in [0.717, 1.165) is 16.3 Å². The molecule has 0 fully saturated rings. The summed E-state index contributed by atoms with van der Waals surface area (Å²) in [5, 5.41) is 3.84. The van der Waals surface area contributed by atoms with Crippen molar-refractivity contribution in [3.63, 3.8) is 0 Å². The number of halogens is 1. The summed E-state index contributed by atoms with van der Waals surface area (Å²) in [5.74, 6) is 0. The van der Waals surface area contributed by atoms with Crippen molar-refractivity contribution in [1.29, 1.82) is 0 Å². The van der Waals surface area contributed by atoms with Gasteiger partial charge < -0.3 is 5.32 Å². The molecule has 0 aromatic carbocycles. The summed E-state index contributed by atoms with van der Waals surface area (Å²) in [5.41, 5.74) is 3.18. The van der Waals surface area contributed by atoms with Gasteiger partial charge in [-0.25, -0.2) is 9.97 Å². The molecule has 6 heteroatoms. The van der Waals surface area contributed by atoms with Gasteiger partial charge in [0, 0.05) is 11.1 Å². The Labute approximate surface area is 120 Å². The highest BCUT2D eigenvalue weighted by atomic mass is 35.5. The molecule has 1 N–H and O–H groups in total. The van der Waals surface area contributed by atoms with E-state index in [9.17, 15) is 0 Å². The van der Waals surface area contributed by atoms with Gasteiger partial charge in [0.05, 0.1) is 29.8 Å². The number of aromatic nitrogens is 3. The standard InChI is InChI=1S/C13H13ClN4S/c1-8-7-18-11(9(2)17-13(18)19-8)6-15-10-3-4-12(14)16-5-10/h3-5,7,15H,6H2,1-2H3. The van der Waals surface area contributed by atoms with Crippen LogP contribution >= 0.6 is 22.9 Å². The van der Waals surface area contributed by atoms with Gasteiger partial charge in [-0.05, 0) is 26.0 Å². The van der Waals surface area contributed by atoms with Crippen molar-refractivity contribution < 1.29 is 0 Å². The summed E-state index contributed by atoms with van der Waals surface area (Å²) in [6.07, 6.45) is 3.85. The molecule has 0 spiro atoms. The molecular weight excluding hydrogens is 280 g/mol. The number of nitrogens with zero attached hydrogens (tertiary/aromatic N) is 3. The van der Waals surface area contributed by atoms with Gasteiger partial charge in [0.15, 0.2) is 4.96 Å². The molecule has 0 saturated carbocycles. The van der Waals surface area contributed by atoms with Gasteiger partial charge in [-0.15, -0.1) is 11.3 Å². The van der Waals surface area contributed by atoms with E-state index in [-0.39, 0.29) is 0 Å². The molecule has 3 aromatic heterocycles. The lowest BCUT2D eigenvalue weighted by molar-refractivity contribution is 0.989. The van der Waals surface area contributed by atoms with Crippen LogP contribution in [0.3, 0.4) is 0 Å². The fraction of sp³-hybridized carbons (Fsp3) is 0.231. The maximum Gasteiger partial charge on any atom is 0.194 e. The molecule has 0 radical (unpaired) electrons. The summed E-state index contributed by atoms with van der Waals surface area (Å²) in [7, 11) is 0. The van der Waals surface area contributed by atoms with Crippen LogP contribution in [0.1, 0.15) is 16.3 Å². The van der Waals surface area contributed by atoms with E-state index in [2.05, 4.69) is 32.8 Å². The molecule has 0 aliphatic carbocycles. The number of hydrogen-bond acceptors (Lipinski definition) is 4. The van der Waals surface area contributed by atoms with Crippen LogP contribution in [-0.2, 0) is 6.54 Å². The molecule has 0 amide bonds. The molecule has 0 atom stereocenters. The second-order valence-electron chi connectivity index (χ2n) is 4.36. The Morgan fingerprint density at radius 2 is 2.21 bits per heavy atom. The maximum absolute atomic E-state index is 5.77. The fourth-order valence-corrected chi connectivity index (χ4v) is 2.99. The summed E-state index contributed by atoms with van der Waals surface area (Å²) in [6.45, 7) is 4.84. The first-order chi connectivity index (χ1) is 9.13. The van der Waals surface area contributed by atoms with E-state index in [0.29, 0.717) is 11.7 Å². The molecule has 3 heterocycles. The Balaban J connectivity index is 1.84. The molecule has 0 aliphatic heterocycles. The van der Waals surface area contributed by atoms with Crippen molar-refractivity contribution in [2.75, 3.05) is 5.32 Å². The Kier molecular flexibility index (Phi) is 3.16. The van der Waals surface area contributed by atoms with E-state index >= 15 is 0 Å². The zero-order valence-corrected chi connectivity index (χ0v) is 12.2. The summed E-state index contributed by atoms with van der Waals surface area (Å²) in [6, 6.07) is 3.69. The van der Waals surface area contributed by atoms with Gasteiger partial charge in [-0.1, -0.05) is 11.6 Å². The number of pyridine rings is 1. The van der Waals surface area contributed by atoms with Gasteiger partial charge in [0.25, 0.3) is 0 Å². The normalized spacial score (nSPS) is 11.1. The molecule has 3 rings (SSSR count). The minimum absolute atomic E-state index is 0.502. The fourth-order valence-electron chi connectivity index (χ4n) is 1.99. The van der Waals surface area contributed by atoms with Gasteiger partial charge in [-0.2, -0.15) is 0 Å². The monoisotopic (exact) mass is 292 g/mol. The molecule has 3 aromatic rings. The third-order valence-electron chi connectivity index (χ3n) is 2.93. The predicted octanol–water partition coefficient (Wildman–Crippen LogP) is 3.67. The van der Waals surface area contributed by atoms with Crippen LogP contribution in [0.5, 0.6) is 0 Å². The van der Waals surface area contributed by atoms with E-state index in [1.807, 2.05) is 13.0 Å². The lowest BCUT2D eigenvalue weighted by atomic mass is 10.3. The lowest BCUT2D eigenvalue weighted by Crippen LogP contribution is -2.03. The smallest absolute Gasteiger partial charge is 0.194 e. The molecule has 98 valence electrons. The van der Waals surface area contributed by atoms with E-state index < -0.39 is 0 Å². The minimum atomic E-state index is 0.502. The molecule has 0 bridgehead atoms. The van der Waals surface area contributed by atoms with Crippen molar-refractivity contribution in [3.05, 3.63) is 45.9 Å². The second kappa shape index (κ2) is 4.83. The Bertz CT molecular complexity index is 714. The van der Waals surface area contributed by atoms with Crippen molar-refractivity contribution >= 4 is 33.6 Å². The average Bonchev–Trinajstić information content (AvgIpc) is 2.85. The number of fused-ring (bicyclic) bond motifs is 1. The van der Waals surface area contributed by atoms with Gasteiger partial charge in [0.1, 0.15) is 5.15 Å². The summed E-state index contributed by atoms with van der Waals surface area (Å²) < 4.78 is 2.14. The van der Waals surface area contributed by atoms with Crippen LogP contribution in [0.25, 0.3) is 4.96 Å². The van der Waals surface area contributed by atoms with Crippen LogP contribution in [0.4, 0.5) is 5.69 Å². The maximum atomic E-state index is 5.77. The summed E-state index contributed by atoms with van der Waals surface area (Å²) >= 11 is 7.47. The zero-order valence-electron chi connectivity index (χ0n) is 10.6. The van der Waals surface area contributed by atoms with Gasteiger partial charge in [-0.3, -0.25) is 4.40 Å². The Morgan fingerprint density at radius 3 is 2.95 bits per heavy atom. The van der Waals surface area contributed by atoms with Crippen LogP contribution in [0, 0.1) is 13.8 Å². The van der Waals surface area contributed by atoms with E-state index in [1.165, 1.54) is 10.6 Å². The zero-order chi connectivity index (χ0) is 13.4. The lowest BCUT2D eigenvalue weighted by Gasteiger charge is -2.06. The first kappa shape index (κ1) is 12.4. The quantitative estimate of drug-likeness (QED) is 0.749. The number of aryl methyl sites for hydroxylation is 2. The highest BCUT2D eigenvalue weighted by Gasteiger charge is 2.10. The molecular formula is C13H13ClN4S. The van der Waals surface area contributed by atoms with Crippen molar-refractivity contribution in [2.45, 2.75) is 20.4 Å².